The molecular weight excluding hydrogens is 272 g/mol. The molecule has 0 aliphatic carbocycles. The number of amides is 1. The molecule has 1 aromatic heterocycles. The summed E-state index contributed by atoms with van der Waals surface area (Å²) in [5.41, 5.74) is 2.64. The van der Waals surface area contributed by atoms with Gasteiger partial charge < -0.3 is 10.6 Å². The van der Waals surface area contributed by atoms with Crippen molar-refractivity contribution in [2.45, 2.75) is 26.8 Å². The van der Waals surface area contributed by atoms with E-state index in [2.05, 4.69) is 27.1 Å². The highest BCUT2D eigenvalue weighted by Crippen LogP contribution is 2.18. The fourth-order valence-electron chi connectivity index (χ4n) is 1.85. The molecule has 1 heterocycles. The first-order valence-corrected chi connectivity index (χ1v) is 7.44. The van der Waals surface area contributed by atoms with Crippen molar-refractivity contribution in [3.8, 4) is 0 Å². The van der Waals surface area contributed by atoms with E-state index >= 15 is 0 Å². The number of nitrogens with zero attached hydrogens (tertiary/aromatic N) is 2. The number of carbonyl (C=O) groups is 1. The summed E-state index contributed by atoms with van der Waals surface area (Å²) in [6.07, 6.45) is 0.707. The molecule has 0 fully saturated rings. The molecule has 2 aromatic rings. The van der Waals surface area contributed by atoms with Crippen molar-refractivity contribution in [2.75, 3.05) is 11.9 Å². The fraction of sp³-hybridized carbons (Fsp3) is 0.357. The first-order chi connectivity index (χ1) is 9.76. The van der Waals surface area contributed by atoms with E-state index in [1.54, 1.807) is 0 Å². The molecular formula is C14H18N4OS. The summed E-state index contributed by atoms with van der Waals surface area (Å²) in [4.78, 5) is 12.9. The number of para-hydroxylation sites is 1. The van der Waals surface area contributed by atoms with Crippen LogP contribution in [0.2, 0.25) is 0 Å². The Morgan fingerprint density at radius 2 is 2.10 bits per heavy atom. The lowest BCUT2D eigenvalue weighted by atomic mass is 10.1. The number of anilines is 1. The van der Waals surface area contributed by atoms with Crippen molar-refractivity contribution in [2.24, 2.45) is 0 Å². The number of carbonyl (C=O) groups excluding carboxylic acids is 1. The zero-order valence-electron chi connectivity index (χ0n) is 11.6. The first-order valence-electron chi connectivity index (χ1n) is 6.67. The summed E-state index contributed by atoms with van der Waals surface area (Å²) in [7, 11) is 0. The van der Waals surface area contributed by atoms with Gasteiger partial charge in [-0.3, -0.25) is 4.79 Å². The van der Waals surface area contributed by atoms with E-state index in [9.17, 15) is 4.79 Å². The molecule has 0 saturated heterocycles. The van der Waals surface area contributed by atoms with Gasteiger partial charge in [0, 0.05) is 12.2 Å². The number of rotatable bonds is 6. The van der Waals surface area contributed by atoms with Crippen molar-refractivity contribution < 1.29 is 4.79 Å². The lowest BCUT2D eigenvalue weighted by Crippen LogP contribution is -2.17. The number of hydrogen-bond acceptors (Lipinski definition) is 5. The Morgan fingerprint density at radius 3 is 2.85 bits per heavy atom. The van der Waals surface area contributed by atoms with E-state index < -0.39 is 0 Å². The van der Waals surface area contributed by atoms with Gasteiger partial charge in [-0.1, -0.05) is 36.5 Å². The van der Waals surface area contributed by atoms with E-state index in [1.807, 2.05) is 31.2 Å². The second kappa shape index (κ2) is 7.12. The Kier molecular flexibility index (Phi) is 5.20. The van der Waals surface area contributed by atoms with Crippen molar-refractivity contribution in [1.29, 1.82) is 0 Å². The molecule has 20 heavy (non-hydrogen) atoms. The monoisotopic (exact) mass is 290 g/mol. The quantitative estimate of drug-likeness (QED) is 0.857. The van der Waals surface area contributed by atoms with E-state index in [0.717, 1.165) is 41.6 Å². The normalized spacial score (nSPS) is 10.5. The predicted octanol–water partition coefficient (Wildman–Crippen LogP) is 2.46. The van der Waals surface area contributed by atoms with Gasteiger partial charge in [-0.25, -0.2) is 0 Å². The highest BCUT2D eigenvalue weighted by Gasteiger charge is 2.16. The Bertz CT molecular complexity index is 582. The van der Waals surface area contributed by atoms with Crippen molar-refractivity contribution in [1.82, 2.24) is 14.9 Å². The molecule has 106 valence electrons. The molecule has 2 N–H and O–H groups in total. The minimum absolute atomic E-state index is 0.138. The van der Waals surface area contributed by atoms with Gasteiger partial charge in [-0.15, -0.1) is 5.10 Å². The van der Waals surface area contributed by atoms with Crippen LogP contribution in [0, 0.1) is 0 Å². The third-order valence-electron chi connectivity index (χ3n) is 2.93. The molecule has 0 unspecified atom stereocenters. The van der Waals surface area contributed by atoms with Crippen LogP contribution < -0.4 is 10.6 Å². The van der Waals surface area contributed by atoms with Crippen molar-refractivity contribution in [3.05, 3.63) is 40.4 Å². The lowest BCUT2D eigenvalue weighted by Gasteiger charge is -2.10. The molecule has 1 aromatic carbocycles. The summed E-state index contributed by atoms with van der Waals surface area (Å²) in [5, 5.41) is 10.2. The molecule has 0 spiro atoms. The van der Waals surface area contributed by atoms with Crippen LogP contribution in [0.4, 0.5) is 5.69 Å². The third kappa shape index (κ3) is 3.40. The van der Waals surface area contributed by atoms with Crippen LogP contribution in [0.1, 0.15) is 34.8 Å². The van der Waals surface area contributed by atoms with Gasteiger partial charge in [0.25, 0.3) is 5.91 Å². The van der Waals surface area contributed by atoms with Crippen LogP contribution in [0.3, 0.4) is 0 Å². The van der Waals surface area contributed by atoms with Crippen LogP contribution in [0.15, 0.2) is 24.3 Å². The average Bonchev–Trinajstić information content (AvgIpc) is 2.95. The molecule has 0 aliphatic heterocycles. The van der Waals surface area contributed by atoms with Crippen LogP contribution in [0.5, 0.6) is 0 Å². The SMILES string of the molecule is CCNCc1ccccc1NC(=O)c1snnc1CC. The smallest absolute Gasteiger partial charge is 0.269 e. The molecule has 2 rings (SSSR count). The molecule has 1 amide bonds. The maximum atomic E-state index is 12.3. The van der Waals surface area contributed by atoms with E-state index in [-0.39, 0.29) is 5.91 Å². The lowest BCUT2D eigenvalue weighted by molar-refractivity contribution is 0.102. The van der Waals surface area contributed by atoms with Gasteiger partial charge in [0.15, 0.2) is 0 Å². The molecule has 6 heteroatoms. The van der Waals surface area contributed by atoms with E-state index in [0.29, 0.717) is 11.3 Å². The largest absolute Gasteiger partial charge is 0.321 e. The standard InChI is InChI=1S/C14H18N4OS/c1-3-11-13(20-18-17-11)14(19)16-12-8-6-5-7-10(12)9-15-4-2/h5-8,15H,3-4,9H2,1-2H3,(H,16,19). The van der Waals surface area contributed by atoms with E-state index in [1.165, 1.54) is 0 Å². The van der Waals surface area contributed by atoms with Gasteiger partial charge in [-0.2, -0.15) is 0 Å². The Balaban J connectivity index is 2.15. The highest BCUT2D eigenvalue weighted by molar-refractivity contribution is 7.08. The zero-order chi connectivity index (χ0) is 14.4. The van der Waals surface area contributed by atoms with Gasteiger partial charge in [0.1, 0.15) is 4.88 Å². The van der Waals surface area contributed by atoms with Crippen LogP contribution in [0.25, 0.3) is 0 Å². The van der Waals surface area contributed by atoms with Crippen LogP contribution in [-0.4, -0.2) is 22.0 Å². The number of hydrogen-bond donors (Lipinski definition) is 2. The minimum Gasteiger partial charge on any atom is -0.321 e. The summed E-state index contributed by atoms with van der Waals surface area (Å²) >= 11 is 1.14. The fourth-order valence-corrected chi connectivity index (χ4v) is 2.49. The highest BCUT2D eigenvalue weighted by atomic mass is 32.1. The molecule has 0 atom stereocenters. The average molecular weight is 290 g/mol. The van der Waals surface area contributed by atoms with E-state index in [4.69, 9.17) is 0 Å². The van der Waals surface area contributed by atoms with Crippen molar-refractivity contribution >= 4 is 23.1 Å². The van der Waals surface area contributed by atoms with Gasteiger partial charge in [0.2, 0.25) is 0 Å². The maximum absolute atomic E-state index is 12.3. The van der Waals surface area contributed by atoms with Crippen LogP contribution >= 0.6 is 11.5 Å². The molecule has 5 nitrogen and oxygen atoms in total. The maximum Gasteiger partial charge on any atom is 0.269 e. The topological polar surface area (TPSA) is 66.9 Å². The van der Waals surface area contributed by atoms with Gasteiger partial charge >= 0.3 is 0 Å². The Hall–Kier alpha value is -1.79. The zero-order valence-corrected chi connectivity index (χ0v) is 12.5. The second-order valence-electron chi connectivity index (χ2n) is 4.29. The number of benzene rings is 1. The molecule has 0 aliphatic rings. The number of nitrogens with one attached hydrogen (secondary N) is 2. The summed E-state index contributed by atoms with van der Waals surface area (Å²) < 4.78 is 3.85. The summed E-state index contributed by atoms with van der Waals surface area (Å²) in [5.74, 6) is -0.138. The Morgan fingerprint density at radius 1 is 1.30 bits per heavy atom. The predicted molar refractivity (Wildman–Crippen MR) is 81.1 cm³/mol. The summed E-state index contributed by atoms with van der Waals surface area (Å²) in [6.45, 7) is 5.64. The summed E-state index contributed by atoms with van der Waals surface area (Å²) in [6, 6.07) is 7.79. The molecule has 0 bridgehead atoms. The first kappa shape index (κ1) is 14.6. The molecule has 0 radical (unpaired) electrons. The molecule has 0 saturated carbocycles. The number of aryl methyl sites for hydroxylation is 1. The van der Waals surface area contributed by atoms with Crippen molar-refractivity contribution in [3.63, 3.8) is 0 Å². The minimum atomic E-state index is -0.138. The van der Waals surface area contributed by atoms with Gasteiger partial charge in [-0.05, 0) is 36.1 Å². The van der Waals surface area contributed by atoms with Gasteiger partial charge in [0.05, 0.1) is 5.69 Å². The van der Waals surface area contributed by atoms with Crippen LogP contribution in [-0.2, 0) is 13.0 Å². The third-order valence-corrected chi connectivity index (χ3v) is 3.69. The number of aromatic nitrogens is 2. The second-order valence-corrected chi connectivity index (χ2v) is 5.05. The Labute approximate surface area is 122 Å².